The number of carbonyl (C=O) groups is 2. The number of hydrogen-bond acceptors (Lipinski definition) is 7. The molecule has 0 aliphatic rings. The molecular weight excluding hydrogens is 414 g/mol. The molecule has 0 spiro atoms. The Morgan fingerprint density at radius 1 is 1.06 bits per heavy atom. The van der Waals surface area contributed by atoms with E-state index in [1.54, 1.807) is 29.1 Å². The van der Waals surface area contributed by atoms with Gasteiger partial charge < -0.3 is 4.74 Å². The van der Waals surface area contributed by atoms with Crippen molar-refractivity contribution in [1.82, 2.24) is 24.3 Å². The first-order valence-electron chi connectivity index (χ1n) is 9.64. The number of aromatic nitrogens is 5. The zero-order chi connectivity index (χ0) is 22.1. The average Bonchev–Trinajstić information content (AvgIpc) is 3.45. The molecule has 4 heterocycles. The Morgan fingerprint density at radius 2 is 1.87 bits per heavy atom. The van der Waals surface area contributed by atoms with Crippen molar-refractivity contribution in [3.8, 4) is 10.9 Å². The molecule has 0 amide bonds. The van der Waals surface area contributed by atoms with Crippen LogP contribution >= 0.6 is 11.3 Å². The van der Waals surface area contributed by atoms with Crippen molar-refractivity contribution in [2.45, 2.75) is 27.7 Å². The van der Waals surface area contributed by atoms with Crippen molar-refractivity contribution in [3.05, 3.63) is 75.9 Å². The maximum absolute atomic E-state index is 12.7. The summed E-state index contributed by atoms with van der Waals surface area (Å²) in [5, 5.41) is 7.04. The predicted octanol–water partition coefficient (Wildman–Crippen LogP) is 3.79. The van der Waals surface area contributed by atoms with Crippen LogP contribution in [0.4, 0.5) is 0 Å². The molecule has 8 nitrogen and oxygen atoms in total. The molecule has 0 saturated carbocycles. The lowest BCUT2D eigenvalue weighted by molar-refractivity contribution is 0.0474. The molecule has 4 aromatic rings. The first-order valence-corrected chi connectivity index (χ1v) is 10.5. The third-order valence-corrected chi connectivity index (χ3v) is 5.64. The molecule has 158 valence electrons. The molecule has 0 saturated heterocycles. The third-order valence-electron chi connectivity index (χ3n) is 4.89. The van der Waals surface area contributed by atoms with Crippen LogP contribution in [0.1, 0.15) is 43.5 Å². The van der Waals surface area contributed by atoms with Gasteiger partial charge in [-0.2, -0.15) is 5.10 Å². The molecule has 4 rings (SSSR count). The Morgan fingerprint density at radius 3 is 2.48 bits per heavy atom. The summed E-state index contributed by atoms with van der Waals surface area (Å²) in [6.45, 7) is 7.25. The van der Waals surface area contributed by atoms with Gasteiger partial charge in [0.05, 0.1) is 11.3 Å². The molecular formula is C22H21N5O3S. The third kappa shape index (κ3) is 4.04. The number of carbonyl (C=O) groups excluding carboxylic acids is 2. The summed E-state index contributed by atoms with van der Waals surface area (Å²) < 4.78 is 8.86. The summed E-state index contributed by atoms with van der Waals surface area (Å²) in [6, 6.07) is 7.04. The maximum Gasteiger partial charge on any atom is 0.340 e. The molecule has 0 unspecified atom stereocenters. The van der Waals surface area contributed by atoms with Crippen molar-refractivity contribution < 1.29 is 14.3 Å². The number of Topliss-reactive ketones (excluding diaryl/α,β-unsaturated/α-hetero) is 1. The second-order valence-electron chi connectivity index (χ2n) is 7.18. The molecule has 4 aromatic heterocycles. The van der Waals surface area contributed by atoms with Gasteiger partial charge in [0, 0.05) is 40.4 Å². The Labute approximate surface area is 183 Å². The normalized spacial score (nSPS) is 11.0. The minimum atomic E-state index is -0.602. The summed E-state index contributed by atoms with van der Waals surface area (Å²) in [4.78, 5) is 33.7. The van der Waals surface area contributed by atoms with Crippen LogP contribution in [0.25, 0.3) is 10.9 Å². The quantitative estimate of drug-likeness (QED) is 0.338. The largest absolute Gasteiger partial charge is 0.454 e. The Hall–Kier alpha value is -3.59. The lowest BCUT2D eigenvalue weighted by atomic mass is 10.1. The molecule has 0 aromatic carbocycles. The molecule has 0 aliphatic heterocycles. The second kappa shape index (κ2) is 8.27. The zero-order valence-electron chi connectivity index (χ0n) is 17.6. The number of esters is 1. The number of rotatable bonds is 6. The van der Waals surface area contributed by atoms with Gasteiger partial charge in [0.1, 0.15) is 0 Å². The van der Waals surface area contributed by atoms with Crippen molar-refractivity contribution in [1.29, 1.82) is 0 Å². The predicted molar refractivity (Wildman–Crippen MR) is 116 cm³/mol. The fourth-order valence-electron chi connectivity index (χ4n) is 3.45. The number of ether oxygens (including phenoxy) is 1. The van der Waals surface area contributed by atoms with Gasteiger partial charge in [-0.3, -0.25) is 9.36 Å². The van der Waals surface area contributed by atoms with Crippen molar-refractivity contribution in [2.24, 2.45) is 0 Å². The van der Waals surface area contributed by atoms with Gasteiger partial charge >= 0.3 is 5.97 Å². The first-order chi connectivity index (χ1) is 14.8. The maximum atomic E-state index is 12.7. The molecule has 0 N–H and O–H groups in total. The fraction of sp³-hybridized carbons (Fsp3) is 0.227. The highest BCUT2D eigenvalue weighted by atomic mass is 32.1. The Bertz CT molecular complexity index is 1250. The van der Waals surface area contributed by atoms with Gasteiger partial charge in [0.25, 0.3) is 0 Å². The highest BCUT2D eigenvalue weighted by Gasteiger charge is 2.19. The summed E-state index contributed by atoms with van der Waals surface area (Å²) in [5.74, 6) is -0.265. The molecule has 0 atom stereocenters. The van der Waals surface area contributed by atoms with Crippen molar-refractivity contribution in [3.63, 3.8) is 0 Å². The van der Waals surface area contributed by atoms with Crippen LogP contribution in [0.15, 0.2) is 42.0 Å². The smallest absolute Gasteiger partial charge is 0.340 e. The van der Waals surface area contributed by atoms with Gasteiger partial charge in [-0.05, 0) is 52.0 Å². The minimum Gasteiger partial charge on any atom is -0.454 e. The van der Waals surface area contributed by atoms with E-state index in [2.05, 4.69) is 15.1 Å². The lowest BCUT2D eigenvalue weighted by Gasteiger charge is -2.07. The van der Waals surface area contributed by atoms with Crippen molar-refractivity contribution in [2.75, 3.05) is 6.61 Å². The summed E-state index contributed by atoms with van der Waals surface area (Å²) in [5.41, 5.74) is 4.28. The SMILES string of the molecule is Cc1cc(C)n(-c2ccc(C(=O)OCC(=O)c3cc(C)n(-c4nccs4)c3C)cn2)n1. The molecule has 0 radical (unpaired) electrons. The number of aryl methyl sites for hydroxylation is 3. The highest BCUT2D eigenvalue weighted by molar-refractivity contribution is 7.12. The molecule has 0 aliphatic carbocycles. The zero-order valence-corrected chi connectivity index (χ0v) is 18.4. The van der Waals surface area contributed by atoms with Crippen LogP contribution in [0.3, 0.4) is 0 Å². The van der Waals surface area contributed by atoms with E-state index in [4.69, 9.17) is 4.74 Å². The van der Waals surface area contributed by atoms with E-state index in [1.807, 2.05) is 43.7 Å². The Balaban J connectivity index is 1.44. The van der Waals surface area contributed by atoms with Gasteiger partial charge in [-0.1, -0.05) is 0 Å². The van der Waals surface area contributed by atoms with Gasteiger partial charge in [0.2, 0.25) is 5.78 Å². The number of nitrogens with zero attached hydrogens (tertiary/aromatic N) is 5. The van der Waals surface area contributed by atoms with Crippen LogP contribution in [-0.2, 0) is 4.74 Å². The fourth-order valence-corrected chi connectivity index (χ4v) is 4.20. The van der Waals surface area contributed by atoms with E-state index in [0.29, 0.717) is 11.4 Å². The van der Waals surface area contributed by atoms with E-state index in [0.717, 1.165) is 27.9 Å². The standard InChI is InChI=1S/C22H21N5O3S/c1-13-9-15(3)27(25-13)20-6-5-17(11-24-20)21(29)30-12-19(28)18-10-14(2)26(16(18)4)22-23-7-8-31-22/h5-11H,12H2,1-4H3. The number of ketones is 1. The van der Waals surface area contributed by atoms with E-state index in [-0.39, 0.29) is 18.0 Å². The number of pyridine rings is 1. The Kier molecular flexibility index (Phi) is 5.51. The summed E-state index contributed by atoms with van der Waals surface area (Å²) >= 11 is 1.49. The molecule has 0 fully saturated rings. The second-order valence-corrected chi connectivity index (χ2v) is 8.05. The van der Waals surface area contributed by atoms with Crippen LogP contribution in [-0.4, -0.2) is 42.7 Å². The van der Waals surface area contributed by atoms with Gasteiger partial charge in [0.15, 0.2) is 17.6 Å². The average molecular weight is 436 g/mol. The molecule has 0 bridgehead atoms. The topological polar surface area (TPSA) is 91.9 Å². The number of thiazole rings is 1. The highest BCUT2D eigenvalue weighted by Crippen LogP contribution is 2.22. The molecule has 31 heavy (non-hydrogen) atoms. The summed E-state index contributed by atoms with van der Waals surface area (Å²) in [6.07, 6.45) is 3.14. The summed E-state index contributed by atoms with van der Waals surface area (Å²) in [7, 11) is 0. The van der Waals surface area contributed by atoms with Crippen LogP contribution < -0.4 is 0 Å². The first kappa shape index (κ1) is 20.7. The minimum absolute atomic E-state index is 0.267. The van der Waals surface area contributed by atoms with Crippen LogP contribution in [0.2, 0.25) is 0 Å². The van der Waals surface area contributed by atoms with E-state index >= 15 is 0 Å². The van der Waals surface area contributed by atoms with E-state index in [1.165, 1.54) is 17.5 Å². The van der Waals surface area contributed by atoms with Crippen LogP contribution in [0.5, 0.6) is 0 Å². The lowest BCUT2D eigenvalue weighted by Crippen LogP contribution is -2.15. The van der Waals surface area contributed by atoms with E-state index in [9.17, 15) is 9.59 Å². The number of hydrogen-bond donors (Lipinski definition) is 0. The van der Waals surface area contributed by atoms with Crippen LogP contribution in [0, 0.1) is 27.7 Å². The molecule has 9 heteroatoms. The monoisotopic (exact) mass is 435 g/mol. The van der Waals surface area contributed by atoms with Gasteiger partial charge in [-0.15, -0.1) is 11.3 Å². The van der Waals surface area contributed by atoms with E-state index < -0.39 is 5.97 Å². The van der Waals surface area contributed by atoms with Gasteiger partial charge in [-0.25, -0.2) is 19.4 Å². The van der Waals surface area contributed by atoms with Crippen molar-refractivity contribution >= 4 is 23.1 Å².